The van der Waals surface area contributed by atoms with Crippen molar-refractivity contribution in [2.45, 2.75) is 44.3 Å². The molecular formula is C8H15BFNO3P2S. The van der Waals surface area contributed by atoms with E-state index in [9.17, 15) is 4.39 Å². The molecule has 0 spiro atoms. The number of nitrogens with one attached hydrogen (secondary N) is 1. The van der Waals surface area contributed by atoms with Gasteiger partial charge in [-0.05, 0) is 13.8 Å². The Kier molecular flexibility index (Phi) is 6.89. The van der Waals surface area contributed by atoms with E-state index in [1.807, 2.05) is 13.8 Å². The van der Waals surface area contributed by atoms with E-state index in [0.717, 1.165) is 0 Å². The summed E-state index contributed by atoms with van der Waals surface area (Å²) in [6.07, 6.45) is -1.78. The van der Waals surface area contributed by atoms with Gasteiger partial charge in [-0.2, -0.15) is 0 Å². The Labute approximate surface area is 110 Å². The second kappa shape index (κ2) is 7.39. The normalized spacial score (nSPS) is 34.6. The molecule has 0 amide bonds. The van der Waals surface area contributed by atoms with Crippen LogP contribution < -0.4 is 5.09 Å². The van der Waals surface area contributed by atoms with Gasteiger partial charge in [-0.15, -0.1) is 5.09 Å². The van der Waals surface area contributed by atoms with Crippen molar-refractivity contribution < 1.29 is 18.8 Å². The highest BCUT2D eigenvalue weighted by atomic mass is 32.8. The maximum atomic E-state index is 13.8. The summed E-state index contributed by atoms with van der Waals surface area (Å²) >= 11 is 4.94. The quantitative estimate of drug-likeness (QED) is 0.454. The van der Waals surface area contributed by atoms with Crippen LogP contribution in [0.15, 0.2) is 0 Å². The standard InChI is InChI=1S/C8H15BFNO3P2S/c1-4(2)13-3-5-7(11-16(17)15-12)6(10)8(9)14-5/h4-8,11-12H,3H2,1-2H3. The molecule has 1 saturated heterocycles. The number of hydrogen-bond donors (Lipinski definition) is 2. The van der Waals surface area contributed by atoms with Crippen molar-refractivity contribution in [3.63, 3.8) is 0 Å². The lowest BCUT2D eigenvalue weighted by Crippen LogP contribution is -2.41. The van der Waals surface area contributed by atoms with Crippen molar-refractivity contribution in [1.82, 2.24) is 5.09 Å². The van der Waals surface area contributed by atoms with Crippen molar-refractivity contribution in [2.75, 3.05) is 6.61 Å². The van der Waals surface area contributed by atoms with Gasteiger partial charge in [0.25, 0.3) is 8.09 Å². The third kappa shape index (κ3) is 4.75. The maximum Gasteiger partial charge on any atom is 0.284 e. The molecule has 1 aliphatic heterocycles. The van der Waals surface area contributed by atoms with Crippen LogP contribution in [0.25, 0.3) is 0 Å². The predicted octanol–water partition coefficient (Wildman–Crippen LogP) is 1.23. The smallest absolute Gasteiger partial charge is 0.284 e. The lowest BCUT2D eigenvalue weighted by atomic mass is 9.93. The maximum absolute atomic E-state index is 13.8. The second-order valence-electron chi connectivity index (χ2n) is 3.98. The Morgan fingerprint density at radius 3 is 2.88 bits per heavy atom. The minimum absolute atomic E-state index is 0.0371. The Morgan fingerprint density at radius 2 is 2.35 bits per heavy atom. The zero-order valence-electron chi connectivity index (χ0n) is 9.62. The van der Waals surface area contributed by atoms with Gasteiger partial charge >= 0.3 is 0 Å². The summed E-state index contributed by atoms with van der Waals surface area (Å²) in [5.41, 5.74) is 0. The summed E-state index contributed by atoms with van der Waals surface area (Å²) in [7, 11) is 5.55. The van der Waals surface area contributed by atoms with Crippen LogP contribution >= 0.6 is 14.7 Å². The van der Waals surface area contributed by atoms with E-state index >= 15 is 0 Å². The molecule has 2 N–H and O–H groups in total. The van der Waals surface area contributed by atoms with E-state index < -0.39 is 30.9 Å². The summed E-state index contributed by atoms with van der Waals surface area (Å²) in [6, 6.07) is -1.59. The van der Waals surface area contributed by atoms with Gasteiger partial charge in [0.2, 0.25) is 0 Å². The minimum Gasteiger partial charge on any atom is -0.465 e. The van der Waals surface area contributed by atoms with Crippen LogP contribution in [0, 0.1) is 0 Å². The molecule has 96 valence electrons. The van der Waals surface area contributed by atoms with Crippen LogP contribution in [0.2, 0.25) is 0 Å². The SMILES string of the molecule is [B]C1OC(COC(C)C)C(N[P+]([S-])=PO)C1F. The third-order valence-corrected chi connectivity index (χ3v) is 4.81. The van der Waals surface area contributed by atoms with E-state index in [1.54, 1.807) is 0 Å². The Hall–Kier alpha value is 0.785. The molecule has 1 aliphatic rings. The zero-order chi connectivity index (χ0) is 13.0. The fourth-order valence-electron chi connectivity index (χ4n) is 1.51. The average Bonchev–Trinajstić information content (AvgIpc) is 2.54. The second-order valence-corrected chi connectivity index (χ2v) is 8.61. The molecule has 0 aliphatic carbocycles. The Bertz CT molecular complexity index is 287. The Morgan fingerprint density at radius 1 is 1.71 bits per heavy atom. The first-order valence-electron chi connectivity index (χ1n) is 5.21. The fraction of sp³-hybridized carbons (Fsp3) is 1.00. The van der Waals surface area contributed by atoms with Crippen molar-refractivity contribution in [3.05, 3.63) is 0 Å². The van der Waals surface area contributed by atoms with Crippen LogP contribution in [0.1, 0.15) is 13.8 Å². The molecular weight excluding hydrogens is 282 g/mol. The summed E-state index contributed by atoms with van der Waals surface area (Å²) in [5, 5.41) is 2.84. The highest BCUT2D eigenvalue weighted by Crippen LogP contribution is 2.32. The molecule has 9 heteroatoms. The van der Waals surface area contributed by atoms with Crippen LogP contribution in [0.5, 0.6) is 0 Å². The minimum atomic E-state index is -1.34. The molecule has 1 rings (SSSR count). The molecule has 2 radical (unpaired) electrons. The van der Waals surface area contributed by atoms with Gasteiger partial charge in [-0.25, -0.2) is 4.39 Å². The molecule has 1 fully saturated rings. The fourth-order valence-corrected chi connectivity index (χ4v) is 3.04. The molecule has 0 aromatic rings. The molecule has 5 atom stereocenters. The van der Waals surface area contributed by atoms with Gasteiger partial charge in [0.1, 0.15) is 26.2 Å². The van der Waals surface area contributed by atoms with Gasteiger partial charge in [-0.3, -0.25) is 0 Å². The first-order valence-corrected chi connectivity index (χ1v) is 9.11. The topological polar surface area (TPSA) is 50.7 Å². The molecule has 0 saturated carbocycles. The molecule has 17 heavy (non-hydrogen) atoms. The molecule has 0 bridgehead atoms. The van der Waals surface area contributed by atoms with Gasteiger partial charge in [0.05, 0.1) is 19.3 Å². The van der Waals surface area contributed by atoms with Crippen LogP contribution in [-0.2, 0) is 21.7 Å². The highest BCUT2D eigenvalue weighted by Gasteiger charge is 2.44. The number of hydrogen-bond acceptors (Lipinski definition) is 3. The molecule has 4 nitrogen and oxygen atoms in total. The summed E-state index contributed by atoms with van der Waals surface area (Å²) in [5.74, 6) is 0. The predicted molar refractivity (Wildman–Crippen MR) is 70.7 cm³/mol. The van der Waals surface area contributed by atoms with Crippen molar-refractivity contribution >= 4 is 34.8 Å². The van der Waals surface area contributed by atoms with Gasteiger partial charge in [-0.1, -0.05) is 0 Å². The van der Waals surface area contributed by atoms with Gasteiger partial charge < -0.3 is 26.6 Å². The molecule has 5 unspecified atom stereocenters. The van der Waals surface area contributed by atoms with Gasteiger partial charge in [0.15, 0.2) is 0 Å². The molecule has 1 heterocycles. The molecule has 0 aromatic heterocycles. The third-order valence-electron chi connectivity index (χ3n) is 2.32. The first kappa shape index (κ1) is 15.8. The average molecular weight is 297 g/mol. The van der Waals surface area contributed by atoms with Crippen molar-refractivity contribution in [1.29, 1.82) is 0 Å². The van der Waals surface area contributed by atoms with E-state index in [-0.39, 0.29) is 20.8 Å². The van der Waals surface area contributed by atoms with E-state index in [0.29, 0.717) is 0 Å². The Balaban J connectivity index is 2.60. The van der Waals surface area contributed by atoms with Crippen LogP contribution in [-0.4, -0.2) is 49.8 Å². The van der Waals surface area contributed by atoms with E-state index in [1.165, 1.54) is 0 Å². The van der Waals surface area contributed by atoms with Crippen LogP contribution in [0.3, 0.4) is 0 Å². The summed E-state index contributed by atoms with van der Waals surface area (Å²) in [4.78, 5) is 8.86. The lowest BCUT2D eigenvalue weighted by molar-refractivity contribution is -0.0211. The summed E-state index contributed by atoms with van der Waals surface area (Å²) in [6.45, 7) is 2.77. The number of rotatable bonds is 5. The first-order chi connectivity index (χ1) is 7.95. The molecule has 0 aromatic carbocycles. The van der Waals surface area contributed by atoms with Crippen molar-refractivity contribution in [3.8, 4) is 0 Å². The number of alkyl halides is 1. The monoisotopic (exact) mass is 297 g/mol. The number of halogens is 1. The number of ether oxygens (including phenoxy) is 2. The summed E-state index contributed by atoms with van der Waals surface area (Å²) < 4.78 is 24.4. The van der Waals surface area contributed by atoms with Crippen LogP contribution in [0.4, 0.5) is 4.39 Å². The van der Waals surface area contributed by atoms with Crippen molar-refractivity contribution in [2.24, 2.45) is 0 Å². The van der Waals surface area contributed by atoms with Gasteiger partial charge in [0, 0.05) is 6.00 Å². The zero-order valence-corrected chi connectivity index (χ0v) is 12.2. The van der Waals surface area contributed by atoms with E-state index in [4.69, 9.17) is 34.5 Å². The highest BCUT2D eigenvalue weighted by molar-refractivity contribution is 8.41. The largest absolute Gasteiger partial charge is 0.465 e. The van der Waals surface area contributed by atoms with E-state index in [2.05, 4.69) is 5.09 Å². The lowest BCUT2D eigenvalue weighted by Gasteiger charge is -2.19.